The van der Waals surface area contributed by atoms with Crippen LogP contribution < -0.4 is 5.32 Å². The van der Waals surface area contributed by atoms with Gasteiger partial charge >= 0.3 is 6.09 Å². The second-order valence-corrected chi connectivity index (χ2v) is 7.65. The van der Waals surface area contributed by atoms with Crippen molar-refractivity contribution in [1.82, 2.24) is 15.1 Å². The zero-order valence-electron chi connectivity index (χ0n) is 14.2. The van der Waals surface area contributed by atoms with E-state index in [0.717, 1.165) is 23.1 Å². The van der Waals surface area contributed by atoms with Crippen molar-refractivity contribution in [3.63, 3.8) is 0 Å². The highest BCUT2D eigenvalue weighted by atomic mass is 32.2. The number of nitrogens with one attached hydrogen (secondary N) is 1. The zero-order chi connectivity index (χ0) is 17.9. The Morgan fingerprint density at radius 1 is 1.33 bits per heavy atom. The quantitative estimate of drug-likeness (QED) is 0.812. The predicted octanol–water partition coefficient (Wildman–Crippen LogP) is 1.20. The van der Waals surface area contributed by atoms with Crippen LogP contribution in [-0.4, -0.2) is 70.0 Å². The fourth-order valence-corrected chi connectivity index (χ4v) is 3.34. The van der Waals surface area contributed by atoms with Crippen molar-refractivity contribution in [2.24, 2.45) is 0 Å². The van der Waals surface area contributed by atoms with Gasteiger partial charge in [-0.1, -0.05) is 11.8 Å². The molecule has 0 aromatic rings. The maximum absolute atomic E-state index is 12.3. The Morgan fingerprint density at radius 3 is 2.62 bits per heavy atom. The van der Waals surface area contributed by atoms with Gasteiger partial charge in [-0.15, -0.1) is 0 Å². The third-order valence-corrected chi connectivity index (χ3v) is 4.52. The lowest BCUT2D eigenvalue weighted by molar-refractivity contribution is -0.127. The molecule has 8 nitrogen and oxygen atoms in total. The van der Waals surface area contributed by atoms with Crippen LogP contribution in [0.5, 0.6) is 0 Å². The number of likely N-dealkylation sites (tertiary alicyclic amines) is 1. The molecule has 0 spiro atoms. The third kappa shape index (κ3) is 4.62. The van der Waals surface area contributed by atoms with E-state index in [9.17, 15) is 19.2 Å². The van der Waals surface area contributed by atoms with Crippen molar-refractivity contribution in [3.05, 3.63) is 0 Å². The molecule has 2 rings (SSSR count). The van der Waals surface area contributed by atoms with Crippen LogP contribution in [0.3, 0.4) is 0 Å². The average molecular weight is 357 g/mol. The number of carbonyl (C=O) groups excluding carboxylic acids is 4. The van der Waals surface area contributed by atoms with Gasteiger partial charge in [0.25, 0.3) is 5.24 Å². The highest BCUT2D eigenvalue weighted by Crippen LogP contribution is 2.21. The SMILES string of the molecule is CC(C)(C)OC(=O)N1CCC[C@H]1C(=O)NCCN1C(=O)CSC1=O. The molecule has 0 aromatic heterocycles. The summed E-state index contributed by atoms with van der Waals surface area (Å²) < 4.78 is 5.32. The Kier molecular flexibility index (Phi) is 5.74. The number of rotatable bonds is 4. The number of ether oxygens (including phenoxy) is 1. The topological polar surface area (TPSA) is 96.0 Å². The minimum Gasteiger partial charge on any atom is -0.444 e. The number of carbonyl (C=O) groups is 4. The summed E-state index contributed by atoms with van der Waals surface area (Å²) in [6, 6.07) is -0.570. The molecule has 2 aliphatic rings. The molecule has 24 heavy (non-hydrogen) atoms. The summed E-state index contributed by atoms with van der Waals surface area (Å²) in [5.41, 5.74) is -0.616. The summed E-state index contributed by atoms with van der Waals surface area (Å²) >= 11 is 0.962. The summed E-state index contributed by atoms with van der Waals surface area (Å²) in [5, 5.41) is 2.41. The van der Waals surface area contributed by atoms with Crippen LogP contribution in [0.25, 0.3) is 0 Å². The normalized spacial score (nSPS) is 21.4. The highest BCUT2D eigenvalue weighted by molar-refractivity contribution is 8.14. The molecule has 2 aliphatic heterocycles. The van der Waals surface area contributed by atoms with Crippen LogP contribution in [0, 0.1) is 0 Å². The molecule has 1 N–H and O–H groups in total. The van der Waals surface area contributed by atoms with Crippen molar-refractivity contribution < 1.29 is 23.9 Å². The van der Waals surface area contributed by atoms with E-state index >= 15 is 0 Å². The smallest absolute Gasteiger partial charge is 0.410 e. The molecular formula is C15H23N3O5S. The van der Waals surface area contributed by atoms with Gasteiger partial charge in [0, 0.05) is 19.6 Å². The van der Waals surface area contributed by atoms with Crippen LogP contribution in [0.1, 0.15) is 33.6 Å². The largest absolute Gasteiger partial charge is 0.444 e. The molecule has 1 atom stereocenters. The first-order valence-electron chi connectivity index (χ1n) is 7.93. The van der Waals surface area contributed by atoms with E-state index < -0.39 is 17.7 Å². The minimum absolute atomic E-state index is 0.148. The van der Waals surface area contributed by atoms with E-state index in [1.165, 1.54) is 4.90 Å². The van der Waals surface area contributed by atoms with Gasteiger partial charge < -0.3 is 10.1 Å². The van der Waals surface area contributed by atoms with Gasteiger partial charge in [0.1, 0.15) is 11.6 Å². The molecule has 0 aromatic carbocycles. The Bertz CT molecular complexity index is 530. The lowest BCUT2D eigenvalue weighted by Crippen LogP contribution is -2.49. The van der Waals surface area contributed by atoms with Crippen LogP contribution in [0.4, 0.5) is 9.59 Å². The molecule has 2 heterocycles. The molecule has 0 saturated carbocycles. The second-order valence-electron chi connectivity index (χ2n) is 6.72. The Labute approximate surface area is 145 Å². The standard InChI is InChI=1S/C15H23N3O5S/c1-15(2,3)23-13(21)17-7-4-5-10(17)12(20)16-6-8-18-11(19)9-24-14(18)22/h10H,4-9H2,1-3H3,(H,16,20)/t10-/m0/s1. The van der Waals surface area contributed by atoms with Crippen molar-refractivity contribution in [2.75, 3.05) is 25.4 Å². The molecule has 0 aliphatic carbocycles. The molecule has 134 valence electrons. The van der Waals surface area contributed by atoms with Gasteiger partial charge in [-0.25, -0.2) is 4.79 Å². The second kappa shape index (κ2) is 7.42. The average Bonchev–Trinajstić information content (AvgIpc) is 3.07. The predicted molar refractivity (Wildman–Crippen MR) is 88.5 cm³/mol. The van der Waals surface area contributed by atoms with Crippen molar-refractivity contribution in [2.45, 2.75) is 45.3 Å². The van der Waals surface area contributed by atoms with Crippen LogP contribution in [0.2, 0.25) is 0 Å². The van der Waals surface area contributed by atoms with Crippen LogP contribution >= 0.6 is 11.8 Å². The summed E-state index contributed by atoms with van der Waals surface area (Å²) in [6.45, 7) is 6.13. The number of hydrogen-bond donors (Lipinski definition) is 1. The van der Waals surface area contributed by atoms with E-state index in [2.05, 4.69) is 5.32 Å². The van der Waals surface area contributed by atoms with Crippen molar-refractivity contribution in [3.8, 4) is 0 Å². The van der Waals surface area contributed by atoms with Gasteiger partial charge in [0.15, 0.2) is 0 Å². The highest BCUT2D eigenvalue weighted by Gasteiger charge is 2.36. The van der Waals surface area contributed by atoms with E-state index in [4.69, 9.17) is 4.74 Å². The maximum atomic E-state index is 12.3. The molecule has 0 unspecified atom stereocenters. The van der Waals surface area contributed by atoms with Crippen molar-refractivity contribution >= 4 is 34.9 Å². The van der Waals surface area contributed by atoms with Gasteiger partial charge in [0.05, 0.1) is 5.75 Å². The fraction of sp³-hybridized carbons (Fsp3) is 0.733. The Balaban J connectivity index is 1.83. The molecule has 2 fully saturated rings. The van der Waals surface area contributed by atoms with Gasteiger partial charge in [-0.05, 0) is 33.6 Å². The molecule has 0 radical (unpaired) electrons. The Morgan fingerprint density at radius 2 is 2.04 bits per heavy atom. The lowest BCUT2D eigenvalue weighted by Gasteiger charge is -2.28. The zero-order valence-corrected chi connectivity index (χ0v) is 15.0. The fourth-order valence-electron chi connectivity index (χ4n) is 2.58. The number of imide groups is 1. The van der Waals surface area contributed by atoms with E-state index in [1.54, 1.807) is 20.8 Å². The van der Waals surface area contributed by atoms with Gasteiger partial charge in [-0.2, -0.15) is 0 Å². The molecule has 0 bridgehead atoms. The molecule has 9 heteroatoms. The lowest BCUT2D eigenvalue weighted by atomic mass is 10.2. The Hall–Kier alpha value is -1.77. The van der Waals surface area contributed by atoms with Crippen molar-refractivity contribution in [1.29, 1.82) is 0 Å². The van der Waals surface area contributed by atoms with Gasteiger partial charge in [-0.3, -0.25) is 24.2 Å². The van der Waals surface area contributed by atoms with E-state index in [0.29, 0.717) is 13.0 Å². The van der Waals surface area contributed by atoms with E-state index in [-0.39, 0.29) is 35.9 Å². The van der Waals surface area contributed by atoms with Gasteiger partial charge in [0.2, 0.25) is 11.8 Å². The van der Waals surface area contributed by atoms with Crippen LogP contribution in [-0.2, 0) is 14.3 Å². The first-order chi connectivity index (χ1) is 11.2. The number of nitrogens with zero attached hydrogens (tertiary/aromatic N) is 2. The summed E-state index contributed by atoms with van der Waals surface area (Å²) in [4.78, 5) is 50.0. The molecule has 2 saturated heterocycles. The molecule has 4 amide bonds. The summed E-state index contributed by atoms with van der Waals surface area (Å²) in [7, 11) is 0. The third-order valence-electron chi connectivity index (χ3n) is 3.66. The number of thioether (sulfide) groups is 1. The van der Waals surface area contributed by atoms with E-state index in [1.807, 2.05) is 0 Å². The summed E-state index contributed by atoms with van der Waals surface area (Å²) in [6.07, 6.45) is 0.806. The monoisotopic (exact) mass is 357 g/mol. The minimum atomic E-state index is -0.616. The summed E-state index contributed by atoms with van der Waals surface area (Å²) in [5.74, 6) is -0.373. The first-order valence-corrected chi connectivity index (χ1v) is 8.92. The first kappa shape index (κ1) is 18.6. The maximum Gasteiger partial charge on any atom is 0.410 e. The number of amides is 4. The molecular weight excluding hydrogens is 334 g/mol. The number of hydrogen-bond acceptors (Lipinski definition) is 6. The van der Waals surface area contributed by atoms with Crippen LogP contribution in [0.15, 0.2) is 0 Å².